The van der Waals surface area contributed by atoms with Gasteiger partial charge in [0.1, 0.15) is 5.75 Å². The molecule has 29 heavy (non-hydrogen) atoms. The molecule has 1 N–H and O–H groups in total. The van der Waals surface area contributed by atoms with E-state index in [0.717, 1.165) is 37.0 Å². The van der Waals surface area contributed by atoms with E-state index in [9.17, 15) is 4.79 Å². The quantitative estimate of drug-likeness (QED) is 0.681. The molecule has 0 saturated heterocycles. The standard InChI is InChI=1S/C24H25N3O2/c1-29-21-12-6-5-11-20(21)24(13-7-8-14-24)17-27-23(28)19-15-25-22(26-16-19)18-9-3-2-4-10-18/h2-6,9-12,15-16H,7-8,13-14,17H2,1H3,(H,27,28). The minimum absolute atomic E-state index is 0.0902. The molecule has 1 heterocycles. The number of hydrogen-bond acceptors (Lipinski definition) is 4. The van der Waals surface area contributed by atoms with Gasteiger partial charge in [0.15, 0.2) is 5.82 Å². The summed E-state index contributed by atoms with van der Waals surface area (Å²) in [5, 5.41) is 3.12. The molecule has 0 spiro atoms. The van der Waals surface area contributed by atoms with Gasteiger partial charge in [-0.15, -0.1) is 0 Å². The SMILES string of the molecule is COc1ccccc1C1(CNC(=O)c2cnc(-c3ccccc3)nc2)CCCC1. The lowest BCUT2D eigenvalue weighted by Gasteiger charge is -2.31. The van der Waals surface area contributed by atoms with Crippen molar-refractivity contribution in [1.29, 1.82) is 0 Å². The van der Waals surface area contributed by atoms with Crippen molar-refractivity contribution in [1.82, 2.24) is 15.3 Å². The van der Waals surface area contributed by atoms with Crippen LogP contribution in [0.2, 0.25) is 0 Å². The molecule has 3 aromatic rings. The van der Waals surface area contributed by atoms with E-state index >= 15 is 0 Å². The zero-order chi connectivity index (χ0) is 20.1. The van der Waals surface area contributed by atoms with Crippen LogP contribution >= 0.6 is 0 Å². The summed E-state index contributed by atoms with van der Waals surface area (Å²) in [6, 6.07) is 17.9. The summed E-state index contributed by atoms with van der Waals surface area (Å²) in [6.45, 7) is 0.576. The van der Waals surface area contributed by atoms with Crippen molar-refractivity contribution in [2.45, 2.75) is 31.1 Å². The number of nitrogens with zero attached hydrogens (tertiary/aromatic N) is 2. The maximum absolute atomic E-state index is 12.8. The molecule has 1 aromatic heterocycles. The number of benzene rings is 2. The maximum atomic E-state index is 12.8. The van der Waals surface area contributed by atoms with Gasteiger partial charge < -0.3 is 10.1 Å². The van der Waals surface area contributed by atoms with Crippen LogP contribution in [0.15, 0.2) is 67.0 Å². The van der Waals surface area contributed by atoms with E-state index in [1.54, 1.807) is 19.5 Å². The largest absolute Gasteiger partial charge is 0.496 e. The zero-order valence-corrected chi connectivity index (χ0v) is 16.6. The van der Waals surface area contributed by atoms with Crippen LogP contribution < -0.4 is 10.1 Å². The molecule has 1 aliphatic rings. The Morgan fingerprint density at radius 2 is 1.66 bits per heavy atom. The Morgan fingerprint density at radius 3 is 2.34 bits per heavy atom. The van der Waals surface area contributed by atoms with Gasteiger partial charge in [-0.3, -0.25) is 4.79 Å². The van der Waals surface area contributed by atoms with Crippen molar-refractivity contribution < 1.29 is 9.53 Å². The molecule has 0 aliphatic heterocycles. The van der Waals surface area contributed by atoms with E-state index < -0.39 is 0 Å². The van der Waals surface area contributed by atoms with Gasteiger partial charge in [0, 0.05) is 35.5 Å². The van der Waals surface area contributed by atoms with Crippen molar-refractivity contribution in [2.75, 3.05) is 13.7 Å². The first kappa shape index (κ1) is 19.1. The van der Waals surface area contributed by atoms with Crippen LogP contribution in [0.3, 0.4) is 0 Å². The van der Waals surface area contributed by atoms with Crippen LogP contribution in [0.5, 0.6) is 5.75 Å². The first-order valence-electron chi connectivity index (χ1n) is 10.0. The van der Waals surface area contributed by atoms with Crippen LogP contribution in [0.25, 0.3) is 11.4 Å². The third-order valence-electron chi connectivity index (χ3n) is 5.77. The molecule has 2 aromatic carbocycles. The third-order valence-corrected chi connectivity index (χ3v) is 5.77. The Hall–Kier alpha value is -3.21. The molecule has 0 radical (unpaired) electrons. The third kappa shape index (κ3) is 3.99. The lowest BCUT2D eigenvalue weighted by molar-refractivity contribution is 0.0942. The summed E-state index contributed by atoms with van der Waals surface area (Å²) in [5.41, 5.74) is 2.49. The minimum Gasteiger partial charge on any atom is -0.496 e. The predicted octanol–water partition coefficient (Wildman–Crippen LogP) is 4.39. The summed E-state index contributed by atoms with van der Waals surface area (Å²) in [5.74, 6) is 1.36. The summed E-state index contributed by atoms with van der Waals surface area (Å²) in [6.07, 6.45) is 7.57. The van der Waals surface area contributed by atoms with Gasteiger partial charge >= 0.3 is 0 Å². The minimum atomic E-state index is -0.147. The van der Waals surface area contributed by atoms with E-state index in [-0.39, 0.29) is 11.3 Å². The van der Waals surface area contributed by atoms with Gasteiger partial charge in [-0.2, -0.15) is 0 Å². The Morgan fingerprint density at radius 1 is 1.00 bits per heavy atom. The average Bonchev–Trinajstić information content (AvgIpc) is 3.28. The van der Waals surface area contributed by atoms with Gasteiger partial charge in [-0.25, -0.2) is 9.97 Å². The van der Waals surface area contributed by atoms with Crippen molar-refractivity contribution in [2.24, 2.45) is 0 Å². The highest BCUT2D eigenvalue weighted by Crippen LogP contribution is 2.44. The fourth-order valence-corrected chi connectivity index (χ4v) is 4.21. The number of carbonyl (C=O) groups is 1. The Balaban J connectivity index is 1.49. The van der Waals surface area contributed by atoms with Gasteiger partial charge in [-0.1, -0.05) is 61.4 Å². The topological polar surface area (TPSA) is 64.1 Å². The summed E-state index contributed by atoms with van der Waals surface area (Å²) in [4.78, 5) is 21.5. The van der Waals surface area contributed by atoms with E-state index in [0.29, 0.717) is 17.9 Å². The van der Waals surface area contributed by atoms with E-state index in [1.165, 1.54) is 5.56 Å². The molecular formula is C24H25N3O2. The van der Waals surface area contributed by atoms with Gasteiger partial charge in [-0.05, 0) is 18.9 Å². The number of carbonyl (C=O) groups excluding carboxylic acids is 1. The molecule has 1 fully saturated rings. The molecule has 0 atom stereocenters. The Labute approximate surface area is 171 Å². The number of methoxy groups -OCH3 is 1. The van der Waals surface area contributed by atoms with Crippen LogP contribution in [0, 0.1) is 0 Å². The first-order chi connectivity index (χ1) is 14.2. The molecular weight excluding hydrogens is 362 g/mol. The van der Waals surface area contributed by atoms with Crippen molar-refractivity contribution >= 4 is 5.91 Å². The summed E-state index contributed by atoms with van der Waals surface area (Å²) < 4.78 is 5.60. The second-order valence-corrected chi connectivity index (χ2v) is 7.53. The predicted molar refractivity (Wildman–Crippen MR) is 113 cm³/mol. The van der Waals surface area contributed by atoms with E-state index in [4.69, 9.17) is 4.74 Å². The lowest BCUT2D eigenvalue weighted by atomic mass is 9.78. The Kier molecular flexibility index (Phi) is 5.56. The van der Waals surface area contributed by atoms with Gasteiger partial charge in [0.05, 0.1) is 12.7 Å². The van der Waals surface area contributed by atoms with Crippen molar-refractivity contribution in [3.8, 4) is 17.1 Å². The molecule has 0 bridgehead atoms. The first-order valence-corrected chi connectivity index (χ1v) is 10.0. The molecule has 1 amide bonds. The van der Waals surface area contributed by atoms with Crippen LogP contribution in [0.4, 0.5) is 0 Å². The average molecular weight is 387 g/mol. The fraction of sp³-hybridized carbons (Fsp3) is 0.292. The van der Waals surface area contributed by atoms with Gasteiger partial charge in [0.2, 0.25) is 0 Å². The number of rotatable bonds is 6. The molecule has 4 rings (SSSR count). The molecule has 1 saturated carbocycles. The molecule has 5 nitrogen and oxygen atoms in total. The van der Waals surface area contributed by atoms with Crippen molar-refractivity contribution in [3.05, 3.63) is 78.1 Å². The van der Waals surface area contributed by atoms with Gasteiger partial charge in [0.25, 0.3) is 5.91 Å². The van der Waals surface area contributed by atoms with Crippen molar-refractivity contribution in [3.63, 3.8) is 0 Å². The zero-order valence-electron chi connectivity index (χ0n) is 16.6. The van der Waals surface area contributed by atoms with E-state index in [1.807, 2.05) is 48.5 Å². The maximum Gasteiger partial charge on any atom is 0.254 e. The second kappa shape index (κ2) is 8.43. The number of nitrogens with one attached hydrogen (secondary N) is 1. The number of hydrogen-bond donors (Lipinski definition) is 1. The number of amides is 1. The highest BCUT2D eigenvalue weighted by Gasteiger charge is 2.38. The monoisotopic (exact) mass is 387 g/mol. The van der Waals surface area contributed by atoms with Crippen LogP contribution in [-0.4, -0.2) is 29.5 Å². The number of aromatic nitrogens is 2. The number of para-hydroxylation sites is 1. The normalized spacial score (nSPS) is 15.1. The highest BCUT2D eigenvalue weighted by atomic mass is 16.5. The fourth-order valence-electron chi connectivity index (χ4n) is 4.21. The highest BCUT2D eigenvalue weighted by molar-refractivity contribution is 5.93. The summed E-state index contributed by atoms with van der Waals surface area (Å²) >= 11 is 0. The lowest BCUT2D eigenvalue weighted by Crippen LogP contribution is -2.39. The second-order valence-electron chi connectivity index (χ2n) is 7.53. The molecule has 148 valence electrons. The summed E-state index contributed by atoms with van der Waals surface area (Å²) in [7, 11) is 1.70. The molecule has 0 unspecified atom stereocenters. The Bertz CT molecular complexity index is 965. The number of ether oxygens (including phenoxy) is 1. The van der Waals surface area contributed by atoms with Crippen LogP contribution in [0.1, 0.15) is 41.6 Å². The smallest absolute Gasteiger partial charge is 0.254 e. The van der Waals surface area contributed by atoms with E-state index in [2.05, 4.69) is 21.4 Å². The van der Waals surface area contributed by atoms with Crippen LogP contribution in [-0.2, 0) is 5.41 Å². The molecule has 1 aliphatic carbocycles. The molecule has 5 heteroatoms.